The average molecular weight is 310 g/mol. The number of hydrazine groups is 1. The Kier molecular flexibility index (Phi) is 2.95. The van der Waals surface area contributed by atoms with E-state index < -0.39 is 0 Å². The summed E-state index contributed by atoms with van der Waals surface area (Å²) in [7, 11) is 0. The molecule has 5 heteroatoms. The number of pyridine rings is 1. The quantitative estimate of drug-likeness (QED) is 0.628. The van der Waals surface area contributed by atoms with Crippen molar-refractivity contribution in [1.82, 2.24) is 4.98 Å². The normalized spacial score (nSPS) is 14.6. The van der Waals surface area contributed by atoms with Crippen molar-refractivity contribution in [1.29, 1.82) is 0 Å². The molecule has 2 aromatic rings. The lowest BCUT2D eigenvalue weighted by Gasteiger charge is -2.20. The first-order valence-electron chi connectivity index (χ1n) is 5.98. The highest BCUT2D eigenvalue weighted by Gasteiger charge is 2.18. The number of nitrogens with one attached hydrogen (secondary N) is 1. The minimum Gasteiger partial charge on any atom is -0.323 e. The summed E-state index contributed by atoms with van der Waals surface area (Å²) in [5.41, 5.74) is 6.52. The highest BCUT2D eigenvalue weighted by Crippen LogP contribution is 2.34. The van der Waals surface area contributed by atoms with Crippen molar-refractivity contribution in [3.8, 4) is 0 Å². The van der Waals surface area contributed by atoms with Crippen LogP contribution in [0.1, 0.15) is 24.1 Å². The van der Waals surface area contributed by atoms with Gasteiger partial charge in [-0.05, 0) is 53.2 Å². The number of anilines is 1. The SMILES string of the molecule is NNc1c2c(nc3cc(F)c(Br)cc13)CCCC2. The van der Waals surface area contributed by atoms with Gasteiger partial charge in [0.2, 0.25) is 0 Å². The molecule has 1 heterocycles. The van der Waals surface area contributed by atoms with Gasteiger partial charge >= 0.3 is 0 Å². The van der Waals surface area contributed by atoms with Crippen molar-refractivity contribution in [2.45, 2.75) is 25.7 Å². The molecule has 0 atom stereocenters. The number of fused-ring (bicyclic) bond motifs is 2. The Hall–Kier alpha value is -1.20. The minimum absolute atomic E-state index is 0.297. The van der Waals surface area contributed by atoms with Crippen LogP contribution in [0.25, 0.3) is 10.9 Å². The molecule has 3 nitrogen and oxygen atoms in total. The van der Waals surface area contributed by atoms with Gasteiger partial charge in [0.25, 0.3) is 0 Å². The second-order valence-electron chi connectivity index (χ2n) is 4.55. The van der Waals surface area contributed by atoms with Crippen LogP contribution in [0.2, 0.25) is 0 Å². The van der Waals surface area contributed by atoms with Gasteiger partial charge in [0.1, 0.15) is 5.82 Å². The first-order valence-corrected chi connectivity index (χ1v) is 6.77. The molecule has 1 aromatic heterocycles. The van der Waals surface area contributed by atoms with Gasteiger partial charge in [-0.2, -0.15) is 0 Å². The molecule has 0 fully saturated rings. The van der Waals surface area contributed by atoms with Crippen LogP contribution in [-0.4, -0.2) is 4.98 Å². The van der Waals surface area contributed by atoms with Crippen LogP contribution < -0.4 is 11.3 Å². The zero-order valence-electron chi connectivity index (χ0n) is 9.76. The lowest BCUT2D eigenvalue weighted by Crippen LogP contribution is -2.15. The van der Waals surface area contributed by atoms with E-state index in [2.05, 4.69) is 26.3 Å². The molecule has 0 radical (unpaired) electrons. The van der Waals surface area contributed by atoms with Crippen LogP contribution in [0, 0.1) is 5.82 Å². The molecule has 0 bridgehead atoms. The fourth-order valence-electron chi connectivity index (χ4n) is 2.58. The van der Waals surface area contributed by atoms with Crippen LogP contribution in [-0.2, 0) is 12.8 Å². The van der Waals surface area contributed by atoms with Gasteiger partial charge in [0, 0.05) is 17.1 Å². The number of aryl methyl sites for hydroxylation is 1. The van der Waals surface area contributed by atoms with E-state index in [9.17, 15) is 4.39 Å². The average Bonchev–Trinajstić information content (AvgIpc) is 2.38. The van der Waals surface area contributed by atoms with Gasteiger partial charge < -0.3 is 5.43 Å². The number of hydrogen-bond acceptors (Lipinski definition) is 3. The molecule has 0 saturated carbocycles. The van der Waals surface area contributed by atoms with Crippen molar-refractivity contribution in [2.75, 3.05) is 5.43 Å². The highest BCUT2D eigenvalue weighted by atomic mass is 79.9. The Labute approximate surface area is 113 Å². The Bertz CT molecular complexity index is 627. The van der Waals surface area contributed by atoms with E-state index in [1.165, 1.54) is 11.6 Å². The molecular weight excluding hydrogens is 297 g/mol. The van der Waals surface area contributed by atoms with Gasteiger partial charge in [0.05, 0.1) is 15.7 Å². The maximum absolute atomic E-state index is 13.6. The van der Waals surface area contributed by atoms with Crippen molar-refractivity contribution < 1.29 is 4.39 Å². The fourth-order valence-corrected chi connectivity index (χ4v) is 2.93. The van der Waals surface area contributed by atoms with Crippen molar-refractivity contribution in [3.63, 3.8) is 0 Å². The van der Waals surface area contributed by atoms with Gasteiger partial charge in [-0.3, -0.25) is 10.8 Å². The van der Waals surface area contributed by atoms with Crippen molar-refractivity contribution in [3.05, 3.63) is 33.7 Å². The number of nitrogen functional groups attached to an aromatic ring is 1. The van der Waals surface area contributed by atoms with E-state index in [4.69, 9.17) is 5.84 Å². The lowest BCUT2D eigenvalue weighted by atomic mass is 9.93. The molecule has 0 amide bonds. The summed E-state index contributed by atoms with van der Waals surface area (Å²) >= 11 is 3.20. The first kappa shape index (κ1) is 11.9. The second kappa shape index (κ2) is 4.48. The Morgan fingerprint density at radius 2 is 2.06 bits per heavy atom. The van der Waals surface area contributed by atoms with Gasteiger partial charge in [-0.15, -0.1) is 0 Å². The minimum atomic E-state index is -0.297. The van der Waals surface area contributed by atoms with Crippen LogP contribution in [0.4, 0.5) is 10.1 Å². The number of rotatable bonds is 1. The van der Waals surface area contributed by atoms with E-state index in [0.717, 1.165) is 42.5 Å². The van der Waals surface area contributed by atoms with Crippen LogP contribution in [0.3, 0.4) is 0 Å². The van der Waals surface area contributed by atoms with Crippen molar-refractivity contribution in [2.24, 2.45) is 5.84 Å². The third-order valence-electron chi connectivity index (χ3n) is 3.45. The molecule has 18 heavy (non-hydrogen) atoms. The number of nitrogens with two attached hydrogens (primary N) is 1. The zero-order valence-corrected chi connectivity index (χ0v) is 11.3. The van der Waals surface area contributed by atoms with E-state index in [1.807, 2.05) is 0 Å². The molecule has 1 aliphatic rings. The lowest BCUT2D eigenvalue weighted by molar-refractivity contribution is 0.622. The van der Waals surface area contributed by atoms with E-state index in [0.29, 0.717) is 9.99 Å². The summed E-state index contributed by atoms with van der Waals surface area (Å²) in [4.78, 5) is 4.57. The second-order valence-corrected chi connectivity index (χ2v) is 5.40. The number of benzene rings is 1. The Morgan fingerprint density at radius 3 is 2.83 bits per heavy atom. The molecule has 94 valence electrons. The molecule has 0 spiro atoms. The predicted octanol–water partition coefficient (Wildman–Crippen LogP) is 3.30. The molecule has 1 aromatic carbocycles. The maximum Gasteiger partial charge on any atom is 0.139 e. The van der Waals surface area contributed by atoms with Gasteiger partial charge in [-0.1, -0.05) is 0 Å². The third kappa shape index (κ3) is 1.78. The van der Waals surface area contributed by atoms with Crippen LogP contribution >= 0.6 is 15.9 Å². The molecule has 0 saturated heterocycles. The summed E-state index contributed by atoms with van der Waals surface area (Å²) in [6.45, 7) is 0. The van der Waals surface area contributed by atoms with Gasteiger partial charge in [0.15, 0.2) is 0 Å². The summed E-state index contributed by atoms with van der Waals surface area (Å²) in [6.07, 6.45) is 4.20. The Morgan fingerprint density at radius 1 is 1.28 bits per heavy atom. The standard InChI is InChI=1S/C13H13BrFN3/c14-9-5-8-12(6-10(9)15)17-11-4-2-1-3-7(11)13(8)18-16/h5-6H,1-4,16H2,(H,17,18). The molecule has 0 aliphatic heterocycles. The molecule has 3 N–H and O–H groups in total. The monoisotopic (exact) mass is 309 g/mol. The fraction of sp³-hybridized carbons (Fsp3) is 0.308. The smallest absolute Gasteiger partial charge is 0.139 e. The summed E-state index contributed by atoms with van der Waals surface area (Å²) in [6, 6.07) is 3.19. The molecule has 3 rings (SSSR count). The number of halogens is 2. The predicted molar refractivity (Wildman–Crippen MR) is 73.9 cm³/mol. The first-order chi connectivity index (χ1) is 8.70. The molecular formula is C13H13BrFN3. The largest absolute Gasteiger partial charge is 0.323 e. The summed E-state index contributed by atoms with van der Waals surface area (Å²) in [5, 5.41) is 0.867. The molecule has 0 unspecified atom stereocenters. The van der Waals surface area contributed by atoms with E-state index in [-0.39, 0.29) is 5.82 Å². The molecule has 1 aliphatic carbocycles. The van der Waals surface area contributed by atoms with E-state index >= 15 is 0 Å². The number of aromatic nitrogens is 1. The maximum atomic E-state index is 13.6. The zero-order chi connectivity index (χ0) is 12.7. The summed E-state index contributed by atoms with van der Waals surface area (Å²) in [5.74, 6) is 5.34. The number of nitrogens with zero attached hydrogens (tertiary/aromatic N) is 1. The van der Waals surface area contributed by atoms with Crippen molar-refractivity contribution >= 4 is 32.5 Å². The number of hydrogen-bond donors (Lipinski definition) is 2. The van der Waals surface area contributed by atoms with E-state index in [1.54, 1.807) is 6.07 Å². The summed E-state index contributed by atoms with van der Waals surface area (Å²) < 4.78 is 14.0. The third-order valence-corrected chi connectivity index (χ3v) is 4.06. The van der Waals surface area contributed by atoms with Crippen LogP contribution in [0.5, 0.6) is 0 Å². The Balaban J connectivity index is 2.36. The van der Waals surface area contributed by atoms with Crippen LogP contribution in [0.15, 0.2) is 16.6 Å². The van der Waals surface area contributed by atoms with Gasteiger partial charge in [-0.25, -0.2) is 4.39 Å². The topological polar surface area (TPSA) is 50.9 Å². The highest BCUT2D eigenvalue weighted by molar-refractivity contribution is 9.10.